The van der Waals surface area contributed by atoms with E-state index >= 15 is 0 Å². The van der Waals surface area contributed by atoms with Crippen LogP contribution in [0.2, 0.25) is 0 Å². The number of amidine groups is 2. The van der Waals surface area contributed by atoms with Crippen molar-refractivity contribution in [3.63, 3.8) is 0 Å². The van der Waals surface area contributed by atoms with Crippen LogP contribution in [-0.2, 0) is 28.9 Å². The molecule has 0 saturated carbocycles. The van der Waals surface area contributed by atoms with Crippen LogP contribution in [0.25, 0.3) is 0 Å². The number of nitrogen functional groups attached to an aromatic ring is 1. The van der Waals surface area contributed by atoms with Gasteiger partial charge in [-0.3, -0.25) is 16.0 Å². The van der Waals surface area contributed by atoms with Crippen LogP contribution in [0.5, 0.6) is 0 Å². The predicted molar refractivity (Wildman–Crippen MR) is 343 cm³/mol. The predicted octanol–water partition coefficient (Wildman–Crippen LogP) is 10.3. The number of anilines is 2. The van der Waals surface area contributed by atoms with Gasteiger partial charge >= 0.3 is 0 Å². The number of benzene rings is 1. The van der Waals surface area contributed by atoms with Gasteiger partial charge in [0, 0.05) is 123 Å². The van der Waals surface area contributed by atoms with E-state index < -0.39 is 0 Å². The van der Waals surface area contributed by atoms with Gasteiger partial charge in [0.25, 0.3) is 0 Å². The van der Waals surface area contributed by atoms with Crippen LogP contribution in [0.15, 0.2) is 104 Å². The van der Waals surface area contributed by atoms with Crippen molar-refractivity contribution in [2.24, 2.45) is 0 Å². The molecule has 0 radical (unpaired) electrons. The van der Waals surface area contributed by atoms with Crippen molar-refractivity contribution in [2.75, 3.05) is 72.1 Å². The Balaban J connectivity index is 0.000000485. The number of nitrogens with zero attached hydrogens (tertiary/aromatic N) is 14. The molecule has 1 unspecified atom stereocenters. The van der Waals surface area contributed by atoms with E-state index in [0.29, 0.717) is 29.8 Å². The molecule has 0 bridgehead atoms. The lowest BCUT2D eigenvalue weighted by atomic mass is 10.1. The number of likely N-dealkylation sites (tertiary alicyclic amines) is 2. The second kappa shape index (κ2) is 44.4. The van der Waals surface area contributed by atoms with Crippen LogP contribution >= 0.6 is 0 Å². The van der Waals surface area contributed by atoms with E-state index in [1.807, 2.05) is 132 Å². The summed E-state index contributed by atoms with van der Waals surface area (Å²) in [5.41, 5.74) is 14.9. The second-order valence-corrected chi connectivity index (χ2v) is 20.4. The van der Waals surface area contributed by atoms with Gasteiger partial charge in [-0.15, -0.1) is 0 Å². The van der Waals surface area contributed by atoms with Crippen molar-refractivity contribution in [3.8, 4) is 0 Å². The molecule has 1 aromatic carbocycles. The number of hydrogen-bond donors (Lipinski definition) is 5. The maximum atomic E-state index is 12.5. The Morgan fingerprint density at radius 3 is 1.60 bits per heavy atom. The summed E-state index contributed by atoms with van der Waals surface area (Å²) in [6.45, 7) is 31.1. The largest absolute Gasteiger partial charge is 0.381 e. The molecule has 2 saturated heterocycles. The molecule has 21 nitrogen and oxygen atoms in total. The van der Waals surface area contributed by atoms with Gasteiger partial charge < -0.3 is 35.2 Å². The molecule has 8 heterocycles. The third-order valence-electron chi connectivity index (χ3n) is 12.6. The van der Waals surface area contributed by atoms with Crippen LogP contribution in [-0.4, -0.2) is 155 Å². The van der Waals surface area contributed by atoms with Gasteiger partial charge in [-0.1, -0.05) is 26.8 Å². The first-order valence-corrected chi connectivity index (χ1v) is 29.0. The molecule has 7 aromatic rings. The lowest BCUT2D eigenvalue weighted by molar-refractivity contribution is -0.905. The van der Waals surface area contributed by atoms with Crippen molar-refractivity contribution in [3.05, 3.63) is 172 Å². The maximum absolute atomic E-state index is 12.5. The van der Waals surface area contributed by atoms with Crippen molar-refractivity contribution in [1.82, 2.24) is 64.5 Å². The molecule has 6 N–H and O–H groups in total. The summed E-state index contributed by atoms with van der Waals surface area (Å²) in [6.07, 6.45) is 20.5. The number of hydrogen-bond acceptors (Lipinski definition) is 18. The molecular formula is C64H100FN18O3+. The molecular weight excluding hydrogens is 1090 g/mol. The first-order valence-electron chi connectivity index (χ1n) is 29.0. The van der Waals surface area contributed by atoms with E-state index in [9.17, 15) is 4.39 Å². The average Bonchev–Trinajstić information content (AvgIpc) is 4.12. The highest BCUT2D eigenvalue weighted by molar-refractivity contribution is 5.76. The Morgan fingerprint density at radius 1 is 0.663 bits per heavy atom. The van der Waals surface area contributed by atoms with Crippen molar-refractivity contribution >= 4 is 23.6 Å². The van der Waals surface area contributed by atoms with E-state index in [4.69, 9.17) is 31.2 Å². The molecule has 0 aliphatic carbocycles. The minimum Gasteiger partial charge on any atom is -0.381 e. The number of nitrogens with one attached hydrogen (secondary N) is 3. The molecule has 9 rings (SSSR count). The minimum absolute atomic E-state index is 0.137. The van der Waals surface area contributed by atoms with Gasteiger partial charge in [-0.05, 0) is 181 Å². The summed E-state index contributed by atoms with van der Waals surface area (Å²) in [5, 5.41) is 26.8. The Labute approximate surface area is 512 Å². The number of nitrogens with two attached hydrogens (primary N) is 1. The summed E-state index contributed by atoms with van der Waals surface area (Å²) in [4.78, 5) is 46.0. The normalized spacial score (nSPS) is 12.8. The summed E-state index contributed by atoms with van der Waals surface area (Å²) < 4.78 is 24.0. The zero-order chi connectivity index (χ0) is 64.4. The highest BCUT2D eigenvalue weighted by Gasteiger charge is 2.22. The number of ether oxygens (including phenoxy) is 2. The fourth-order valence-electron chi connectivity index (χ4n) is 7.67. The standard InChI is InChI=1S/C9H11F.2C8H13N3.C8H16N2O.C8H12NO.C7H14N2O.C6H8N2.C5H7N3.C5H6N2/c1-3-8-6-9(10)5-4-7(8)2;1-7-4-5-9-8(10-7)6-11(2)3;1-3-5-9-8-10-6-4-7(2)11-8;1-7(9)10-5-3-8(11-2)4-6-10;1-3-8-6-9(10)5-4-7(8)2;1-6(8)9-4-3-7(5-9)10-2;1-5-3-4-7-6(2)8-5;1-4-2-3-7-5(6)8-4;1-5-2-3-6-4-7-5/h4-6H,3H2,1-2H3;4-5H,6H2,1-3H3;4,6H,3,5H2,1-2H3,(H,9,10,11);8-9H,3-6H2,1-2H3;4-6,10H,3H2,1-2H3;7-8H,3-5H2,1-2H3;3-4H,1-2H3;2-3H,1H3,(H2,6,7,8);2-4H,1H3/q;;;;+1;;;;. The Hall–Kier alpha value is -8.08. The monoisotopic (exact) mass is 1190 g/mol. The third kappa shape index (κ3) is 35.9. The van der Waals surface area contributed by atoms with Gasteiger partial charge in [0.15, 0.2) is 0 Å². The first-order chi connectivity index (χ1) is 40.9. The van der Waals surface area contributed by atoms with E-state index in [1.54, 1.807) is 69.7 Å². The summed E-state index contributed by atoms with van der Waals surface area (Å²) >= 11 is 0. The van der Waals surface area contributed by atoms with Crippen molar-refractivity contribution < 1.29 is 23.8 Å². The molecule has 22 heteroatoms. The van der Waals surface area contributed by atoms with E-state index in [0.717, 1.165) is 134 Å². The number of aryl methyl sites for hydroxylation is 10. The highest BCUT2D eigenvalue weighted by Crippen LogP contribution is 2.14. The lowest BCUT2D eigenvalue weighted by Gasteiger charge is -2.31. The highest BCUT2D eigenvalue weighted by atomic mass is 19.1. The fourth-order valence-corrected chi connectivity index (χ4v) is 7.67. The molecule has 6 aromatic heterocycles. The smallest absolute Gasteiger partial charge is 0.225 e. The van der Waals surface area contributed by atoms with E-state index in [2.05, 4.69) is 78.8 Å². The third-order valence-corrected chi connectivity index (χ3v) is 12.6. The summed E-state index contributed by atoms with van der Waals surface area (Å²) in [6, 6.07) is 16.1. The SMILES string of the molecule is CCCNc1nccc(C)n1.CCc1c[n+](O)ccc1C.CCc1cc(F)ccc1C.COC1CCN(C(C)=N)C1.COC1CCN(C(C)=N)CC1.Cc1ccnc(C)n1.Cc1ccnc(CN(C)C)n1.Cc1ccnc(N)n1.Cc1ccncn1. The second-order valence-electron chi connectivity index (χ2n) is 20.4. The first kappa shape index (κ1) is 75.9. The maximum Gasteiger partial charge on any atom is 0.225 e. The molecule has 1 atom stereocenters. The van der Waals surface area contributed by atoms with Crippen molar-refractivity contribution in [2.45, 2.75) is 147 Å². The lowest BCUT2D eigenvalue weighted by Crippen LogP contribution is -2.39. The molecule has 2 fully saturated rings. The summed E-state index contributed by atoms with van der Waals surface area (Å²) in [5.74, 6) is 3.98. The summed E-state index contributed by atoms with van der Waals surface area (Å²) in [7, 11) is 7.50. The number of halogens is 1. The topological polar surface area (TPSA) is 267 Å². The number of aromatic nitrogens is 11. The number of pyridine rings is 1. The molecule has 470 valence electrons. The molecule has 0 amide bonds. The van der Waals surface area contributed by atoms with Gasteiger partial charge in [0.05, 0.1) is 30.4 Å². The Kier molecular flexibility index (Phi) is 39.2. The Morgan fingerprint density at radius 2 is 1.20 bits per heavy atom. The number of methoxy groups -OCH3 is 2. The van der Waals surface area contributed by atoms with E-state index in [-0.39, 0.29) is 5.82 Å². The minimum atomic E-state index is -0.137. The molecule has 86 heavy (non-hydrogen) atoms. The molecule has 0 spiro atoms. The fraction of sp³-hybridized carbons (Fsp3) is 0.484. The molecule has 2 aliphatic rings. The average molecular weight is 1190 g/mol. The number of piperidine rings is 1. The quantitative estimate of drug-likeness (QED) is 0.0389. The van der Waals surface area contributed by atoms with Gasteiger partial charge in [0.2, 0.25) is 24.3 Å². The zero-order valence-corrected chi connectivity index (χ0v) is 54.4. The van der Waals surface area contributed by atoms with Crippen LogP contribution in [0, 0.1) is 72.0 Å². The van der Waals surface area contributed by atoms with Crippen LogP contribution in [0.3, 0.4) is 0 Å². The van der Waals surface area contributed by atoms with Gasteiger partial charge in [-0.2, -0.15) is 0 Å². The zero-order valence-electron chi connectivity index (χ0n) is 54.4. The van der Waals surface area contributed by atoms with Gasteiger partial charge in [0.1, 0.15) is 23.8 Å². The van der Waals surface area contributed by atoms with Crippen LogP contribution < -0.4 is 15.8 Å². The van der Waals surface area contributed by atoms with Crippen molar-refractivity contribution in [1.29, 1.82) is 10.8 Å². The van der Waals surface area contributed by atoms with Crippen LogP contribution in [0.4, 0.5) is 16.3 Å². The number of rotatable bonds is 9. The molecule has 2 aliphatic heterocycles. The van der Waals surface area contributed by atoms with Crippen LogP contribution in [0.1, 0.15) is 123 Å². The Bertz CT molecular complexity index is 2820. The van der Waals surface area contributed by atoms with E-state index in [1.165, 1.54) is 29.1 Å². The van der Waals surface area contributed by atoms with Gasteiger partial charge in [-0.25, -0.2) is 54.2 Å².